The fourth-order valence-electron chi connectivity index (χ4n) is 1.40. The third-order valence-electron chi connectivity index (χ3n) is 2.11. The summed E-state index contributed by atoms with van der Waals surface area (Å²) in [5.41, 5.74) is 1.78. The molecule has 0 radical (unpaired) electrons. The van der Waals surface area contributed by atoms with Gasteiger partial charge in [0.2, 0.25) is 0 Å². The molecule has 14 heavy (non-hydrogen) atoms. The highest BCUT2D eigenvalue weighted by Gasteiger charge is 2.18. The van der Waals surface area contributed by atoms with Crippen molar-refractivity contribution in [3.63, 3.8) is 0 Å². The van der Waals surface area contributed by atoms with Crippen LogP contribution in [0.2, 0.25) is 0 Å². The van der Waals surface area contributed by atoms with E-state index in [2.05, 4.69) is 4.98 Å². The minimum atomic E-state index is -0.416. The van der Waals surface area contributed by atoms with Gasteiger partial charge in [0.15, 0.2) is 0 Å². The molecule has 0 aliphatic carbocycles. The number of thiazole rings is 1. The van der Waals surface area contributed by atoms with Crippen molar-refractivity contribution in [1.82, 2.24) is 4.98 Å². The molecule has 2 unspecified atom stereocenters. The number of hydrogen-bond acceptors (Lipinski definition) is 4. The molecule has 0 bridgehead atoms. The minimum Gasteiger partial charge on any atom is -0.390 e. The van der Waals surface area contributed by atoms with Gasteiger partial charge in [-0.3, -0.25) is 4.98 Å². The molecule has 0 spiro atoms. The summed E-state index contributed by atoms with van der Waals surface area (Å²) in [4.78, 5) is 5.08. The van der Waals surface area contributed by atoms with Gasteiger partial charge >= 0.3 is 0 Å². The summed E-state index contributed by atoms with van der Waals surface area (Å²) in [5, 5.41) is 9.87. The lowest BCUT2D eigenvalue weighted by Crippen LogP contribution is -2.30. The molecule has 4 heteroatoms. The van der Waals surface area contributed by atoms with Gasteiger partial charge in [-0.2, -0.15) is 0 Å². The summed E-state index contributed by atoms with van der Waals surface area (Å²) in [6.45, 7) is 4.62. The molecule has 2 atom stereocenters. The Balaban J connectivity index is 2.43. The van der Waals surface area contributed by atoms with E-state index in [1.165, 1.54) is 0 Å². The van der Waals surface area contributed by atoms with Crippen molar-refractivity contribution in [2.24, 2.45) is 0 Å². The molecule has 0 aliphatic heterocycles. The maximum atomic E-state index is 9.87. The Bertz CT molecular complexity index is 238. The minimum absolute atomic E-state index is 0.0536. The molecule has 0 aliphatic rings. The lowest BCUT2D eigenvalue weighted by molar-refractivity contribution is -0.0331. The largest absolute Gasteiger partial charge is 0.390 e. The van der Waals surface area contributed by atoms with Crippen molar-refractivity contribution in [3.05, 3.63) is 16.6 Å². The molecule has 0 aromatic carbocycles. The van der Waals surface area contributed by atoms with Gasteiger partial charge < -0.3 is 9.84 Å². The summed E-state index contributed by atoms with van der Waals surface area (Å²) >= 11 is 1.57. The van der Waals surface area contributed by atoms with Gasteiger partial charge in [-0.1, -0.05) is 6.92 Å². The highest BCUT2D eigenvalue weighted by atomic mass is 32.1. The highest BCUT2D eigenvalue weighted by Crippen LogP contribution is 2.13. The van der Waals surface area contributed by atoms with Crippen LogP contribution in [0.25, 0.3) is 0 Å². The molecule has 80 valence electrons. The molecule has 1 aromatic heterocycles. The number of hydrogen-bond donors (Lipinski definition) is 1. The molecule has 0 saturated carbocycles. The summed E-state index contributed by atoms with van der Waals surface area (Å²) in [6, 6.07) is 0. The van der Waals surface area contributed by atoms with Crippen LogP contribution < -0.4 is 0 Å². The zero-order valence-corrected chi connectivity index (χ0v) is 9.46. The lowest BCUT2D eigenvalue weighted by Gasteiger charge is -2.20. The third kappa shape index (κ3) is 3.36. The van der Waals surface area contributed by atoms with Crippen LogP contribution in [0.1, 0.15) is 25.1 Å². The number of aliphatic hydroxyl groups excluding tert-OH is 1. The summed E-state index contributed by atoms with van der Waals surface area (Å²) in [6.07, 6.45) is 2.81. The zero-order valence-electron chi connectivity index (χ0n) is 8.64. The topological polar surface area (TPSA) is 42.4 Å². The van der Waals surface area contributed by atoms with Gasteiger partial charge in [0.25, 0.3) is 0 Å². The van der Waals surface area contributed by atoms with Crippen molar-refractivity contribution in [2.75, 3.05) is 6.61 Å². The van der Waals surface area contributed by atoms with E-state index in [0.717, 1.165) is 11.3 Å². The van der Waals surface area contributed by atoms with Crippen molar-refractivity contribution in [3.8, 4) is 0 Å². The van der Waals surface area contributed by atoms with Gasteiger partial charge in [-0.25, -0.2) is 0 Å². The fraction of sp³-hybridized carbons (Fsp3) is 0.700. The van der Waals surface area contributed by atoms with E-state index in [9.17, 15) is 5.11 Å². The van der Waals surface area contributed by atoms with Gasteiger partial charge in [0, 0.05) is 24.1 Å². The van der Waals surface area contributed by atoms with Crippen LogP contribution in [-0.4, -0.2) is 28.9 Å². The van der Waals surface area contributed by atoms with Gasteiger partial charge in [-0.15, -0.1) is 11.3 Å². The summed E-state index contributed by atoms with van der Waals surface area (Å²) in [7, 11) is 0. The second-order valence-electron chi connectivity index (χ2n) is 3.14. The van der Waals surface area contributed by atoms with Crippen LogP contribution in [0.4, 0.5) is 0 Å². The first kappa shape index (κ1) is 11.6. The first-order chi connectivity index (χ1) is 6.77. The van der Waals surface area contributed by atoms with Crippen molar-refractivity contribution in [1.29, 1.82) is 0 Å². The van der Waals surface area contributed by atoms with Crippen LogP contribution in [0.15, 0.2) is 11.7 Å². The van der Waals surface area contributed by atoms with E-state index in [-0.39, 0.29) is 6.10 Å². The van der Waals surface area contributed by atoms with Crippen LogP contribution in [0.5, 0.6) is 0 Å². The van der Waals surface area contributed by atoms with E-state index in [1.54, 1.807) is 23.0 Å². The normalized spacial score (nSPS) is 15.4. The van der Waals surface area contributed by atoms with Gasteiger partial charge in [0.05, 0.1) is 17.7 Å². The quantitative estimate of drug-likeness (QED) is 0.787. The van der Waals surface area contributed by atoms with Crippen LogP contribution >= 0.6 is 11.3 Å². The first-order valence-electron chi connectivity index (χ1n) is 4.95. The van der Waals surface area contributed by atoms with Crippen LogP contribution in [0, 0.1) is 0 Å². The highest BCUT2D eigenvalue weighted by molar-refractivity contribution is 7.09. The molecule has 0 amide bonds. The molecule has 1 aromatic rings. The standard InChI is InChI=1S/C10H17NO2S/c1-3-10(13-4-2)9(12)5-8-6-11-7-14-8/h6-7,9-10,12H,3-5H2,1-2H3. The van der Waals surface area contributed by atoms with E-state index in [1.807, 2.05) is 13.8 Å². The van der Waals surface area contributed by atoms with Crippen LogP contribution in [0.3, 0.4) is 0 Å². The number of nitrogens with zero attached hydrogens (tertiary/aromatic N) is 1. The molecule has 1 rings (SSSR count). The Labute approximate surface area is 88.8 Å². The molecule has 1 N–H and O–H groups in total. The van der Waals surface area contributed by atoms with E-state index < -0.39 is 6.10 Å². The van der Waals surface area contributed by atoms with E-state index >= 15 is 0 Å². The maximum Gasteiger partial charge on any atom is 0.0850 e. The average Bonchev–Trinajstić information content (AvgIpc) is 2.66. The average molecular weight is 215 g/mol. The van der Waals surface area contributed by atoms with Crippen LogP contribution in [-0.2, 0) is 11.2 Å². The molecular formula is C10H17NO2S. The molecule has 1 heterocycles. The van der Waals surface area contributed by atoms with E-state index in [0.29, 0.717) is 13.0 Å². The Morgan fingerprint density at radius 2 is 2.36 bits per heavy atom. The number of ether oxygens (including phenoxy) is 1. The van der Waals surface area contributed by atoms with Gasteiger partial charge in [-0.05, 0) is 13.3 Å². The van der Waals surface area contributed by atoms with Gasteiger partial charge in [0.1, 0.15) is 0 Å². The van der Waals surface area contributed by atoms with Crippen molar-refractivity contribution >= 4 is 11.3 Å². The summed E-state index contributed by atoms with van der Waals surface area (Å²) in [5.74, 6) is 0. The number of rotatable bonds is 6. The first-order valence-corrected chi connectivity index (χ1v) is 5.82. The molecular weight excluding hydrogens is 198 g/mol. The predicted molar refractivity (Wildman–Crippen MR) is 57.5 cm³/mol. The summed E-state index contributed by atoms with van der Waals surface area (Å²) < 4.78 is 5.44. The van der Waals surface area contributed by atoms with Crippen molar-refractivity contribution < 1.29 is 9.84 Å². The Kier molecular flexibility index (Phi) is 5.07. The smallest absolute Gasteiger partial charge is 0.0850 e. The second kappa shape index (κ2) is 6.11. The Hall–Kier alpha value is -0.450. The fourth-order valence-corrected chi connectivity index (χ4v) is 2.04. The maximum absolute atomic E-state index is 9.87. The van der Waals surface area contributed by atoms with E-state index in [4.69, 9.17) is 4.74 Å². The molecule has 0 fully saturated rings. The van der Waals surface area contributed by atoms with Crippen molar-refractivity contribution in [2.45, 2.75) is 38.9 Å². The number of aliphatic hydroxyl groups is 1. The monoisotopic (exact) mass is 215 g/mol. The third-order valence-corrected chi connectivity index (χ3v) is 2.91. The SMILES string of the molecule is CCOC(CC)C(O)Cc1cncs1. The molecule has 3 nitrogen and oxygen atoms in total. The lowest BCUT2D eigenvalue weighted by atomic mass is 10.1. The predicted octanol–water partition coefficient (Wildman–Crippen LogP) is 1.86. The molecule has 0 saturated heterocycles. The zero-order chi connectivity index (χ0) is 10.4. The second-order valence-corrected chi connectivity index (χ2v) is 4.11. The Morgan fingerprint density at radius 3 is 2.86 bits per heavy atom. The number of aromatic nitrogens is 1. The Morgan fingerprint density at radius 1 is 1.57 bits per heavy atom.